The van der Waals surface area contributed by atoms with E-state index in [-0.39, 0.29) is 0 Å². The third-order valence-corrected chi connectivity index (χ3v) is 5.90. The summed E-state index contributed by atoms with van der Waals surface area (Å²) in [7, 11) is 0. The van der Waals surface area contributed by atoms with Gasteiger partial charge in [-0.3, -0.25) is 9.69 Å². The summed E-state index contributed by atoms with van der Waals surface area (Å²) in [5.74, 6) is 0.764. The van der Waals surface area contributed by atoms with Crippen LogP contribution in [-0.4, -0.2) is 53.4 Å². The van der Waals surface area contributed by atoms with E-state index < -0.39 is 0 Å². The van der Waals surface area contributed by atoms with E-state index in [9.17, 15) is 4.79 Å². The predicted molar refractivity (Wildman–Crippen MR) is 90.3 cm³/mol. The molecule has 0 N–H and O–H groups in total. The van der Waals surface area contributed by atoms with E-state index in [1.54, 1.807) is 11.3 Å². The Morgan fingerprint density at radius 1 is 1.23 bits per heavy atom. The second-order valence-electron chi connectivity index (χ2n) is 6.68. The Hall–Kier alpha value is -0.940. The van der Waals surface area contributed by atoms with E-state index in [2.05, 4.69) is 21.7 Å². The highest BCUT2D eigenvalue weighted by atomic mass is 32.1. The van der Waals surface area contributed by atoms with E-state index in [1.807, 2.05) is 6.20 Å². The number of aromatic nitrogens is 1. The van der Waals surface area contributed by atoms with Gasteiger partial charge in [0.05, 0.1) is 11.6 Å². The Balaban J connectivity index is 1.55. The summed E-state index contributed by atoms with van der Waals surface area (Å²) < 4.78 is 0. The fourth-order valence-electron chi connectivity index (χ4n) is 3.55. The average molecular weight is 321 g/mol. The molecule has 2 aliphatic heterocycles. The molecule has 3 rings (SSSR count). The number of carbonyl (C=O) groups excluding carboxylic acids is 1. The molecule has 2 saturated heterocycles. The maximum Gasteiger partial charge on any atom is 0.236 e. The second kappa shape index (κ2) is 7.55. The molecule has 1 amide bonds. The highest BCUT2D eigenvalue weighted by molar-refractivity contribution is 7.11. The molecule has 0 spiro atoms. The number of nitrogens with zero attached hydrogens (tertiary/aromatic N) is 3. The summed E-state index contributed by atoms with van der Waals surface area (Å²) in [4.78, 5) is 22.9. The fourth-order valence-corrected chi connectivity index (χ4v) is 4.45. The summed E-state index contributed by atoms with van der Waals surface area (Å²) in [6.07, 6.45) is 9.36. The fraction of sp³-hybridized carbons (Fsp3) is 0.765. The summed E-state index contributed by atoms with van der Waals surface area (Å²) in [5.41, 5.74) is 0. The van der Waals surface area contributed by atoms with Gasteiger partial charge in [0.2, 0.25) is 5.91 Å². The molecule has 122 valence electrons. The summed E-state index contributed by atoms with van der Waals surface area (Å²) in [6, 6.07) is 0. The van der Waals surface area contributed by atoms with Gasteiger partial charge >= 0.3 is 0 Å². The van der Waals surface area contributed by atoms with Crippen LogP contribution in [0.3, 0.4) is 0 Å². The van der Waals surface area contributed by atoms with Crippen LogP contribution in [-0.2, 0) is 4.79 Å². The van der Waals surface area contributed by atoms with Gasteiger partial charge in [-0.25, -0.2) is 4.98 Å². The zero-order valence-electron chi connectivity index (χ0n) is 13.6. The largest absolute Gasteiger partial charge is 0.341 e. The first-order chi connectivity index (χ1) is 10.7. The molecule has 0 radical (unpaired) electrons. The lowest BCUT2D eigenvalue weighted by atomic mass is 9.98. The number of piperidine rings is 1. The van der Waals surface area contributed by atoms with Gasteiger partial charge in [0.15, 0.2) is 0 Å². The van der Waals surface area contributed by atoms with E-state index in [4.69, 9.17) is 0 Å². The van der Waals surface area contributed by atoms with Crippen molar-refractivity contribution in [3.05, 3.63) is 16.1 Å². The van der Waals surface area contributed by atoms with Gasteiger partial charge < -0.3 is 4.90 Å². The molecule has 0 saturated carbocycles. The Morgan fingerprint density at radius 2 is 2.00 bits per heavy atom. The van der Waals surface area contributed by atoms with Crippen LogP contribution in [0, 0.1) is 6.92 Å². The smallest absolute Gasteiger partial charge is 0.236 e. The zero-order valence-corrected chi connectivity index (χ0v) is 14.4. The maximum absolute atomic E-state index is 12.6. The molecule has 4 nitrogen and oxygen atoms in total. The number of aryl methyl sites for hydroxylation is 1. The zero-order chi connectivity index (χ0) is 15.4. The number of hydrogen-bond acceptors (Lipinski definition) is 4. The normalized spacial score (nSPS) is 24.2. The minimum absolute atomic E-state index is 0.319. The Morgan fingerprint density at radius 3 is 2.68 bits per heavy atom. The SMILES string of the molecule is Cc1cnc([C@H]2CCCN(C(=O)CN3CCCCCC3)C2)s1. The molecule has 0 unspecified atom stereocenters. The van der Waals surface area contributed by atoms with E-state index >= 15 is 0 Å². The first kappa shape index (κ1) is 15.9. The topological polar surface area (TPSA) is 36.4 Å². The van der Waals surface area contributed by atoms with Crippen molar-refractivity contribution >= 4 is 17.2 Å². The van der Waals surface area contributed by atoms with E-state index in [0.29, 0.717) is 18.4 Å². The van der Waals surface area contributed by atoms with Crippen LogP contribution in [0.15, 0.2) is 6.20 Å². The highest BCUT2D eigenvalue weighted by Crippen LogP contribution is 2.29. The summed E-state index contributed by atoms with van der Waals surface area (Å²) in [6.45, 7) is 6.69. The van der Waals surface area contributed by atoms with Crippen LogP contribution in [0.1, 0.15) is 54.3 Å². The lowest BCUT2D eigenvalue weighted by molar-refractivity contribution is -0.133. The van der Waals surface area contributed by atoms with Crippen LogP contribution < -0.4 is 0 Å². The van der Waals surface area contributed by atoms with Crippen molar-refractivity contribution in [1.82, 2.24) is 14.8 Å². The molecule has 1 atom stereocenters. The minimum Gasteiger partial charge on any atom is -0.341 e. The summed E-state index contributed by atoms with van der Waals surface area (Å²) in [5, 5.41) is 1.21. The number of thiazole rings is 1. The predicted octanol–water partition coefficient (Wildman–Crippen LogP) is 3.03. The number of rotatable bonds is 3. The van der Waals surface area contributed by atoms with Crippen LogP contribution in [0.25, 0.3) is 0 Å². The molecular weight excluding hydrogens is 294 g/mol. The average Bonchev–Trinajstić information content (AvgIpc) is 2.80. The van der Waals surface area contributed by atoms with E-state index in [1.165, 1.54) is 42.0 Å². The van der Waals surface area contributed by atoms with Crippen LogP contribution in [0.4, 0.5) is 0 Å². The lowest BCUT2D eigenvalue weighted by Gasteiger charge is -2.33. The van der Waals surface area contributed by atoms with Crippen LogP contribution >= 0.6 is 11.3 Å². The third-order valence-electron chi connectivity index (χ3n) is 4.82. The van der Waals surface area contributed by atoms with Crippen molar-refractivity contribution < 1.29 is 4.79 Å². The molecule has 5 heteroatoms. The van der Waals surface area contributed by atoms with Crippen LogP contribution in [0.5, 0.6) is 0 Å². The highest BCUT2D eigenvalue weighted by Gasteiger charge is 2.27. The third kappa shape index (κ3) is 4.07. The van der Waals surface area contributed by atoms with Gasteiger partial charge in [-0.2, -0.15) is 0 Å². The lowest BCUT2D eigenvalue weighted by Crippen LogP contribution is -2.44. The minimum atomic E-state index is 0.319. The van der Waals surface area contributed by atoms with Crippen molar-refractivity contribution in [2.75, 3.05) is 32.7 Å². The molecular formula is C17H27N3OS. The van der Waals surface area contributed by atoms with E-state index in [0.717, 1.165) is 32.6 Å². The molecule has 1 aromatic heterocycles. The van der Waals surface area contributed by atoms with Crippen LogP contribution in [0.2, 0.25) is 0 Å². The number of hydrogen-bond donors (Lipinski definition) is 0. The molecule has 22 heavy (non-hydrogen) atoms. The van der Waals surface area contributed by atoms with Crippen molar-refractivity contribution in [3.8, 4) is 0 Å². The summed E-state index contributed by atoms with van der Waals surface area (Å²) >= 11 is 1.79. The van der Waals surface area contributed by atoms with Crippen molar-refractivity contribution in [2.24, 2.45) is 0 Å². The monoisotopic (exact) mass is 321 g/mol. The van der Waals surface area contributed by atoms with Gasteiger partial charge in [-0.05, 0) is 45.7 Å². The Kier molecular flexibility index (Phi) is 5.47. The molecule has 2 aliphatic rings. The number of carbonyl (C=O) groups is 1. The van der Waals surface area contributed by atoms with Gasteiger partial charge in [-0.15, -0.1) is 11.3 Å². The number of amides is 1. The first-order valence-electron chi connectivity index (χ1n) is 8.65. The molecule has 0 aliphatic carbocycles. The molecule has 0 bridgehead atoms. The molecule has 3 heterocycles. The van der Waals surface area contributed by atoms with Gasteiger partial charge in [0.25, 0.3) is 0 Å². The molecule has 1 aromatic rings. The Labute approximate surface area is 137 Å². The quantitative estimate of drug-likeness (QED) is 0.858. The first-order valence-corrected chi connectivity index (χ1v) is 9.46. The standard InChI is InChI=1S/C17H27N3OS/c1-14-11-18-17(22-14)15-7-6-10-20(12-15)16(21)13-19-8-4-2-3-5-9-19/h11,15H,2-10,12-13H2,1H3/t15-/m0/s1. The van der Waals surface area contributed by atoms with Crippen molar-refractivity contribution in [1.29, 1.82) is 0 Å². The van der Waals surface area contributed by atoms with Crippen molar-refractivity contribution in [3.63, 3.8) is 0 Å². The second-order valence-corrected chi connectivity index (χ2v) is 7.94. The van der Waals surface area contributed by atoms with Gasteiger partial charge in [0, 0.05) is 30.1 Å². The molecule has 0 aromatic carbocycles. The molecule has 2 fully saturated rings. The van der Waals surface area contributed by atoms with Gasteiger partial charge in [0.1, 0.15) is 0 Å². The van der Waals surface area contributed by atoms with Crippen molar-refractivity contribution in [2.45, 2.75) is 51.4 Å². The maximum atomic E-state index is 12.6. The Bertz CT molecular complexity index is 494. The number of likely N-dealkylation sites (tertiary alicyclic amines) is 2. The van der Waals surface area contributed by atoms with Gasteiger partial charge in [-0.1, -0.05) is 12.8 Å².